The molecule has 2 rings (SSSR count). The summed E-state index contributed by atoms with van der Waals surface area (Å²) in [4.78, 5) is 0.0632. The zero-order valence-corrected chi connectivity index (χ0v) is 9.50. The number of rotatable bonds is 2. The monoisotopic (exact) mass is 244 g/mol. The van der Waals surface area contributed by atoms with E-state index in [4.69, 9.17) is 5.73 Å². The van der Waals surface area contributed by atoms with E-state index in [1.54, 1.807) is 0 Å². The smallest absolute Gasteiger partial charge is 0.243 e. The molecule has 0 radical (unpaired) electrons. The first-order chi connectivity index (χ1) is 7.51. The first-order valence-electron chi connectivity index (χ1n) is 5.07. The van der Waals surface area contributed by atoms with Crippen LogP contribution in [-0.2, 0) is 10.0 Å². The van der Waals surface area contributed by atoms with Crippen molar-refractivity contribution in [3.8, 4) is 0 Å². The van der Waals surface area contributed by atoms with Crippen LogP contribution in [0.25, 0.3) is 0 Å². The second kappa shape index (κ2) is 4.03. The number of nitrogens with two attached hydrogens (primary N) is 1. The number of halogens is 1. The molecule has 1 aromatic carbocycles. The van der Waals surface area contributed by atoms with Gasteiger partial charge in [0.25, 0.3) is 0 Å². The van der Waals surface area contributed by atoms with Crippen LogP contribution in [0, 0.1) is 5.82 Å². The van der Waals surface area contributed by atoms with Gasteiger partial charge in [0.05, 0.1) is 10.6 Å². The molecule has 0 bridgehead atoms. The Morgan fingerprint density at radius 3 is 2.44 bits per heavy atom. The lowest BCUT2D eigenvalue weighted by atomic mass is 10.3. The van der Waals surface area contributed by atoms with Crippen molar-refractivity contribution in [1.82, 2.24) is 4.31 Å². The van der Waals surface area contributed by atoms with Gasteiger partial charge >= 0.3 is 0 Å². The van der Waals surface area contributed by atoms with Gasteiger partial charge in [0.1, 0.15) is 5.82 Å². The molecule has 88 valence electrons. The van der Waals surface area contributed by atoms with E-state index in [0.29, 0.717) is 13.1 Å². The van der Waals surface area contributed by atoms with Crippen LogP contribution in [0.4, 0.5) is 10.1 Å². The van der Waals surface area contributed by atoms with Gasteiger partial charge < -0.3 is 5.73 Å². The molecule has 1 heterocycles. The van der Waals surface area contributed by atoms with Gasteiger partial charge in [0, 0.05) is 13.1 Å². The summed E-state index contributed by atoms with van der Waals surface area (Å²) >= 11 is 0. The molecule has 1 aromatic rings. The number of hydrogen-bond acceptors (Lipinski definition) is 3. The van der Waals surface area contributed by atoms with Gasteiger partial charge in [-0.2, -0.15) is 4.31 Å². The van der Waals surface area contributed by atoms with Crippen LogP contribution in [0.2, 0.25) is 0 Å². The molecule has 2 N–H and O–H groups in total. The van der Waals surface area contributed by atoms with Crippen LogP contribution in [0.5, 0.6) is 0 Å². The lowest BCUT2D eigenvalue weighted by molar-refractivity contribution is 0.477. The normalized spacial score (nSPS) is 17.8. The van der Waals surface area contributed by atoms with Gasteiger partial charge in [-0.1, -0.05) is 0 Å². The van der Waals surface area contributed by atoms with Crippen molar-refractivity contribution in [3.63, 3.8) is 0 Å². The van der Waals surface area contributed by atoms with Gasteiger partial charge in [-0.3, -0.25) is 0 Å². The van der Waals surface area contributed by atoms with E-state index in [1.165, 1.54) is 16.4 Å². The minimum absolute atomic E-state index is 0.0632. The summed E-state index contributed by atoms with van der Waals surface area (Å²) < 4.78 is 38.4. The van der Waals surface area contributed by atoms with Gasteiger partial charge in [-0.05, 0) is 31.0 Å². The minimum Gasteiger partial charge on any atom is -0.396 e. The number of benzene rings is 1. The molecule has 0 amide bonds. The fourth-order valence-electron chi connectivity index (χ4n) is 1.76. The maximum atomic E-state index is 12.9. The van der Waals surface area contributed by atoms with E-state index in [2.05, 4.69) is 0 Å². The van der Waals surface area contributed by atoms with E-state index in [-0.39, 0.29) is 10.6 Å². The molecule has 4 nitrogen and oxygen atoms in total. The van der Waals surface area contributed by atoms with Crippen molar-refractivity contribution in [2.24, 2.45) is 0 Å². The zero-order chi connectivity index (χ0) is 11.8. The fourth-order valence-corrected chi connectivity index (χ4v) is 3.31. The van der Waals surface area contributed by atoms with Crippen LogP contribution in [0.3, 0.4) is 0 Å². The Balaban J connectivity index is 2.39. The molecule has 0 aromatic heterocycles. The van der Waals surface area contributed by atoms with Crippen molar-refractivity contribution < 1.29 is 12.8 Å². The topological polar surface area (TPSA) is 63.4 Å². The Morgan fingerprint density at radius 2 is 1.88 bits per heavy atom. The largest absolute Gasteiger partial charge is 0.396 e. The number of anilines is 1. The lowest BCUT2D eigenvalue weighted by Gasteiger charge is -2.15. The maximum absolute atomic E-state index is 12.9. The molecule has 0 unspecified atom stereocenters. The molecule has 1 aliphatic heterocycles. The molecule has 1 fully saturated rings. The van der Waals surface area contributed by atoms with E-state index in [0.717, 1.165) is 18.9 Å². The molecule has 1 aliphatic rings. The van der Waals surface area contributed by atoms with Crippen LogP contribution < -0.4 is 5.73 Å². The molecular formula is C10H13FN2O2S. The zero-order valence-electron chi connectivity index (χ0n) is 8.69. The molecule has 0 spiro atoms. The van der Waals surface area contributed by atoms with Crippen LogP contribution in [0.15, 0.2) is 23.1 Å². The van der Waals surface area contributed by atoms with E-state index in [1.807, 2.05) is 0 Å². The molecule has 6 heteroatoms. The van der Waals surface area contributed by atoms with E-state index < -0.39 is 15.8 Å². The highest BCUT2D eigenvalue weighted by molar-refractivity contribution is 7.89. The third-order valence-corrected chi connectivity index (χ3v) is 4.56. The Kier molecular flexibility index (Phi) is 2.86. The quantitative estimate of drug-likeness (QED) is 0.795. The lowest BCUT2D eigenvalue weighted by Crippen LogP contribution is -2.27. The first-order valence-corrected chi connectivity index (χ1v) is 6.51. The van der Waals surface area contributed by atoms with Crippen molar-refractivity contribution in [2.75, 3.05) is 18.8 Å². The standard InChI is InChI=1S/C10H13FN2O2S/c11-9-4-3-8(7-10(9)12)16(14,15)13-5-1-2-6-13/h3-4,7H,1-2,5-6,12H2. The Labute approximate surface area is 93.9 Å². The van der Waals surface area contributed by atoms with Crippen LogP contribution in [0.1, 0.15) is 12.8 Å². The summed E-state index contributed by atoms with van der Waals surface area (Å²) in [5, 5.41) is 0. The van der Waals surface area contributed by atoms with Crippen molar-refractivity contribution in [1.29, 1.82) is 0 Å². The molecule has 16 heavy (non-hydrogen) atoms. The Morgan fingerprint density at radius 1 is 1.25 bits per heavy atom. The van der Waals surface area contributed by atoms with Crippen LogP contribution in [-0.4, -0.2) is 25.8 Å². The second-order valence-electron chi connectivity index (χ2n) is 3.79. The molecule has 0 saturated carbocycles. The Hall–Kier alpha value is -1.14. The summed E-state index contributed by atoms with van der Waals surface area (Å²) in [5.74, 6) is -0.597. The first kappa shape index (κ1) is 11.3. The predicted octanol–water partition coefficient (Wildman–Crippen LogP) is 1.19. The highest BCUT2D eigenvalue weighted by atomic mass is 32.2. The van der Waals surface area contributed by atoms with Gasteiger partial charge in [-0.25, -0.2) is 12.8 Å². The summed E-state index contributed by atoms with van der Waals surface area (Å²) in [7, 11) is -3.49. The van der Waals surface area contributed by atoms with Crippen LogP contribution >= 0.6 is 0 Å². The molecule has 0 atom stereocenters. The van der Waals surface area contributed by atoms with Crippen molar-refractivity contribution in [3.05, 3.63) is 24.0 Å². The summed E-state index contributed by atoms with van der Waals surface area (Å²) in [6.45, 7) is 1.05. The second-order valence-corrected chi connectivity index (χ2v) is 5.73. The number of nitrogens with zero attached hydrogens (tertiary/aromatic N) is 1. The number of hydrogen-bond donors (Lipinski definition) is 1. The van der Waals surface area contributed by atoms with Gasteiger partial charge in [0.2, 0.25) is 10.0 Å². The van der Waals surface area contributed by atoms with Crippen molar-refractivity contribution >= 4 is 15.7 Å². The van der Waals surface area contributed by atoms with Gasteiger partial charge in [0.15, 0.2) is 0 Å². The van der Waals surface area contributed by atoms with Gasteiger partial charge in [-0.15, -0.1) is 0 Å². The number of sulfonamides is 1. The average Bonchev–Trinajstić information content (AvgIpc) is 2.75. The summed E-state index contributed by atoms with van der Waals surface area (Å²) in [6, 6.07) is 3.50. The third kappa shape index (κ3) is 1.90. The van der Waals surface area contributed by atoms with Crippen molar-refractivity contribution in [2.45, 2.75) is 17.7 Å². The van der Waals surface area contributed by atoms with E-state index >= 15 is 0 Å². The maximum Gasteiger partial charge on any atom is 0.243 e. The highest BCUT2D eigenvalue weighted by Crippen LogP contribution is 2.23. The minimum atomic E-state index is -3.49. The third-order valence-electron chi connectivity index (χ3n) is 2.67. The molecule has 1 saturated heterocycles. The van der Waals surface area contributed by atoms with E-state index in [9.17, 15) is 12.8 Å². The summed E-state index contributed by atoms with van der Waals surface area (Å²) in [5.41, 5.74) is 5.22. The SMILES string of the molecule is Nc1cc(S(=O)(=O)N2CCCC2)ccc1F. The Bertz CT molecular complexity index is 496. The number of nitrogen functional groups attached to an aromatic ring is 1. The molecule has 0 aliphatic carbocycles. The predicted molar refractivity (Wildman–Crippen MR) is 58.8 cm³/mol. The average molecular weight is 244 g/mol. The highest BCUT2D eigenvalue weighted by Gasteiger charge is 2.27. The molecular weight excluding hydrogens is 231 g/mol. The fraction of sp³-hybridized carbons (Fsp3) is 0.400. The summed E-state index contributed by atoms with van der Waals surface area (Å²) in [6.07, 6.45) is 1.74.